The SMILES string of the molecule is N#CC=Cc1ccc(O)c(C(=O)O)c1. The predicted octanol–water partition coefficient (Wildman–Crippen LogP) is 1.63. The summed E-state index contributed by atoms with van der Waals surface area (Å²) in [6.07, 6.45) is 2.70. The first kappa shape index (κ1) is 9.81. The van der Waals surface area contributed by atoms with Gasteiger partial charge in [-0.2, -0.15) is 5.26 Å². The average Bonchev–Trinajstić information content (AvgIpc) is 2.16. The lowest BCUT2D eigenvalue weighted by Gasteiger charge is -1.99. The van der Waals surface area contributed by atoms with Crippen LogP contribution in [0.4, 0.5) is 0 Å². The Morgan fingerprint density at radius 1 is 1.50 bits per heavy atom. The van der Waals surface area contributed by atoms with Gasteiger partial charge in [-0.05, 0) is 23.8 Å². The van der Waals surface area contributed by atoms with Crippen molar-refractivity contribution >= 4 is 12.0 Å². The fraction of sp³-hybridized carbons (Fsp3) is 0. The summed E-state index contributed by atoms with van der Waals surface area (Å²) in [5.41, 5.74) is 0.381. The minimum absolute atomic E-state index is 0.176. The Labute approximate surface area is 80.3 Å². The number of aromatic hydroxyl groups is 1. The van der Waals surface area contributed by atoms with Crippen LogP contribution in [-0.4, -0.2) is 16.2 Å². The van der Waals surface area contributed by atoms with Crippen molar-refractivity contribution < 1.29 is 15.0 Å². The van der Waals surface area contributed by atoms with Crippen LogP contribution in [0.1, 0.15) is 15.9 Å². The molecule has 1 aromatic carbocycles. The Kier molecular flexibility index (Phi) is 2.87. The van der Waals surface area contributed by atoms with E-state index in [4.69, 9.17) is 15.5 Å². The fourth-order valence-corrected chi connectivity index (χ4v) is 0.962. The number of benzene rings is 1. The number of aromatic carboxylic acids is 1. The number of allylic oxidation sites excluding steroid dienone is 1. The van der Waals surface area contributed by atoms with E-state index in [0.29, 0.717) is 5.56 Å². The van der Waals surface area contributed by atoms with Crippen LogP contribution in [0.2, 0.25) is 0 Å². The van der Waals surface area contributed by atoms with Gasteiger partial charge >= 0.3 is 5.97 Å². The lowest BCUT2D eigenvalue weighted by Crippen LogP contribution is -1.96. The van der Waals surface area contributed by atoms with Crippen molar-refractivity contribution in [2.75, 3.05) is 0 Å². The number of carbonyl (C=O) groups is 1. The number of nitrogens with zero attached hydrogens (tertiary/aromatic N) is 1. The van der Waals surface area contributed by atoms with Gasteiger partial charge in [-0.3, -0.25) is 0 Å². The van der Waals surface area contributed by atoms with Crippen molar-refractivity contribution in [3.63, 3.8) is 0 Å². The number of hydrogen-bond acceptors (Lipinski definition) is 3. The third-order valence-corrected chi connectivity index (χ3v) is 1.60. The molecular weight excluding hydrogens is 182 g/mol. The molecule has 0 unspecified atom stereocenters. The standard InChI is InChI=1S/C10H7NO3/c11-5-1-2-7-3-4-9(12)8(6-7)10(13)14/h1-4,6,12H,(H,13,14). The Morgan fingerprint density at radius 2 is 2.21 bits per heavy atom. The van der Waals surface area contributed by atoms with Crippen molar-refractivity contribution in [2.24, 2.45) is 0 Å². The highest BCUT2D eigenvalue weighted by Crippen LogP contribution is 2.18. The molecule has 0 aliphatic rings. The third-order valence-electron chi connectivity index (χ3n) is 1.60. The first-order chi connectivity index (χ1) is 6.65. The first-order valence-corrected chi connectivity index (χ1v) is 3.77. The van der Waals surface area contributed by atoms with E-state index >= 15 is 0 Å². The van der Waals surface area contributed by atoms with Crippen molar-refractivity contribution in [3.05, 3.63) is 35.4 Å². The molecule has 0 spiro atoms. The maximum atomic E-state index is 10.6. The van der Waals surface area contributed by atoms with Gasteiger partial charge in [-0.1, -0.05) is 6.07 Å². The van der Waals surface area contributed by atoms with Gasteiger partial charge in [-0.25, -0.2) is 4.79 Å². The Hall–Kier alpha value is -2.28. The second kappa shape index (κ2) is 4.10. The second-order valence-corrected chi connectivity index (χ2v) is 2.54. The molecular formula is C10H7NO3. The van der Waals surface area contributed by atoms with Crippen molar-refractivity contribution in [3.8, 4) is 11.8 Å². The van der Waals surface area contributed by atoms with Gasteiger partial charge in [0.05, 0.1) is 6.07 Å². The molecule has 1 rings (SSSR count). The molecule has 70 valence electrons. The first-order valence-electron chi connectivity index (χ1n) is 3.77. The van der Waals surface area contributed by atoms with Crippen LogP contribution in [0.15, 0.2) is 24.3 Å². The zero-order chi connectivity index (χ0) is 10.6. The normalized spacial score (nSPS) is 9.93. The van der Waals surface area contributed by atoms with Crippen LogP contribution >= 0.6 is 0 Å². The number of carboxylic acid groups (broad SMARTS) is 1. The zero-order valence-electron chi connectivity index (χ0n) is 7.14. The Balaban J connectivity index is 3.14. The van der Waals surface area contributed by atoms with Gasteiger partial charge in [0.25, 0.3) is 0 Å². The minimum atomic E-state index is -1.20. The van der Waals surface area contributed by atoms with Crippen molar-refractivity contribution in [1.29, 1.82) is 5.26 Å². The fourth-order valence-electron chi connectivity index (χ4n) is 0.962. The van der Waals surface area contributed by atoms with Crippen LogP contribution in [0.3, 0.4) is 0 Å². The quantitative estimate of drug-likeness (QED) is 0.692. The van der Waals surface area contributed by atoms with Crippen LogP contribution < -0.4 is 0 Å². The highest BCUT2D eigenvalue weighted by atomic mass is 16.4. The molecule has 2 N–H and O–H groups in total. The number of hydrogen-bond donors (Lipinski definition) is 2. The summed E-state index contributed by atoms with van der Waals surface area (Å²) in [7, 11) is 0. The van der Waals surface area contributed by atoms with Gasteiger partial charge < -0.3 is 10.2 Å². The van der Waals surface area contributed by atoms with Crippen LogP contribution in [0.5, 0.6) is 5.75 Å². The summed E-state index contributed by atoms with van der Waals surface area (Å²) in [6, 6.07) is 5.89. The van der Waals surface area contributed by atoms with E-state index in [2.05, 4.69) is 0 Å². The molecule has 0 radical (unpaired) electrons. The van der Waals surface area contributed by atoms with Crippen LogP contribution in [0.25, 0.3) is 6.08 Å². The summed E-state index contributed by atoms with van der Waals surface area (Å²) in [5, 5.41) is 26.1. The van der Waals surface area contributed by atoms with Gasteiger partial charge in [0.2, 0.25) is 0 Å². The van der Waals surface area contributed by atoms with Gasteiger partial charge in [-0.15, -0.1) is 0 Å². The van der Waals surface area contributed by atoms with E-state index in [1.54, 1.807) is 6.07 Å². The minimum Gasteiger partial charge on any atom is -0.507 e. The maximum absolute atomic E-state index is 10.6. The molecule has 0 amide bonds. The van der Waals surface area contributed by atoms with Crippen LogP contribution in [-0.2, 0) is 0 Å². The largest absolute Gasteiger partial charge is 0.507 e. The number of rotatable bonds is 2. The summed E-state index contributed by atoms with van der Waals surface area (Å²) in [4.78, 5) is 10.6. The molecule has 0 saturated carbocycles. The Morgan fingerprint density at radius 3 is 2.79 bits per heavy atom. The van der Waals surface area contributed by atoms with Crippen molar-refractivity contribution in [2.45, 2.75) is 0 Å². The smallest absolute Gasteiger partial charge is 0.339 e. The van der Waals surface area contributed by atoms with Crippen LogP contribution in [0, 0.1) is 11.3 Å². The molecule has 1 aromatic rings. The monoisotopic (exact) mass is 189 g/mol. The van der Waals surface area contributed by atoms with Gasteiger partial charge in [0.15, 0.2) is 0 Å². The summed E-state index contributed by atoms with van der Waals surface area (Å²) < 4.78 is 0. The molecule has 0 fully saturated rings. The molecule has 0 atom stereocenters. The average molecular weight is 189 g/mol. The van der Waals surface area contributed by atoms with E-state index in [-0.39, 0.29) is 11.3 Å². The van der Waals surface area contributed by atoms with Gasteiger partial charge in [0.1, 0.15) is 11.3 Å². The molecule has 0 heterocycles. The molecule has 14 heavy (non-hydrogen) atoms. The van der Waals surface area contributed by atoms with E-state index in [1.165, 1.54) is 30.4 Å². The zero-order valence-corrected chi connectivity index (χ0v) is 7.14. The third kappa shape index (κ3) is 2.11. The summed E-state index contributed by atoms with van der Waals surface area (Å²) in [6.45, 7) is 0. The van der Waals surface area contributed by atoms with E-state index < -0.39 is 5.97 Å². The van der Waals surface area contributed by atoms with E-state index in [0.717, 1.165) is 0 Å². The van der Waals surface area contributed by atoms with Gasteiger partial charge in [0, 0.05) is 6.08 Å². The number of carboxylic acids is 1. The molecule has 0 aromatic heterocycles. The summed E-state index contributed by atoms with van der Waals surface area (Å²) >= 11 is 0. The lowest BCUT2D eigenvalue weighted by molar-refractivity contribution is 0.0693. The van der Waals surface area contributed by atoms with E-state index in [1.807, 2.05) is 0 Å². The highest BCUT2D eigenvalue weighted by Gasteiger charge is 2.08. The Bertz CT molecular complexity index is 429. The van der Waals surface area contributed by atoms with Crippen molar-refractivity contribution in [1.82, 2.24) is 0 Å². The highest BCUT2D eigenvalue weighted by molar-refractivity contribution is 5.91. The number of nitriles is 1. The molecule has 4 nitrogen and oxygen atoms in total. The molecule has 0 bridgehead atoms. The maximum Gasteiger partial charge on any atom is 0.339 e. The molecule has 0 aliphatic carbocycles. The summed E-state index contributed by atoms with van der Waals surface area (Å²) in [5.74, 6) is -1.48. The second-order valence-electron chi connectivity index (χ2n) is 2.54. The molecule has 4 heteroatoms. The van der Waals surface area contributed by atoms with E-state index in [9.17, 15) is 4.79 Å². The topological polar surface area (TPSA) is 81.3 Å². The molecule has 0 saturated heterocycles. The number of phenols is 1. The lowest BCUT2D eigenvalue weighted by atomic mass is 10.1. The molecule has 0 aliphatic heterocycles. The predicted molar refractivity (Wildman–Crippen MR) is 49.7 cm³/mol.